The van der Waals surface area contributed by atoms with Gasteiger partial charge in [-0.25, -0.2) is 12.8 Å². The van der Waals surface area contributed by atoms with Gasteiger partial charge in [0.1, 0.15) is 16.5 Å². The molecule has 1 aromatic carbocycles. The summed E-state index contributed by atoms with van der Waals surface area (Å²) >= 11 is 0. The van der Waals surface area contributed by atoms with Crippen molar-refractivity contribution in [2.75, 3.05) is 19.0 Å². The zero-order valence-electron chi connectivity index (χ0n) is 16.7. The maximum atomic E-state index is 13.3. The molecule has 0 spiro atoms. The summed E-state index contributed by atoms with van der Waals surface area (Å²) in [5.41, 5.74) is 1.32. The number of halogens is 1. The van der Waals surface area contributed by atoms with Crippen molar-refractivity contribution in [1.29, 1.82) is 0 Å². The van der Waals surface area contributed by atoms with Crippen molar-refractivity contribution in [2.24, 2.45) is 0 Å². The predicted octanol–water partition coefficient (Wildman–Crippen LogP) is 3.85. The molecule has 0 saturated carbocycles. The van der Waals surface area contributed by atoms with Crippen LogP contribution < -0.4 is 5.32 Å². The summed E-state index contributed by atoms with van der Waals surface area (Å²) in [6.07, 6.45) is 1.60. The highest BCUT2D eigenvalue weighted by Gasteiger charge is 2.30. The van der Waals surface area contributed by atoms with Crippen LogP contribution in [0.15, 0.2) is 34.1 Å². The molecule has 0 aliphatic carbocycles. The topological polar surface area (TPSA) is 77.4 Å². The molecule has 1 heterocycles. The van der Waals surface area contributed by atoms with Gasteiger partial charge < -0.3 is 14.6 Å². The molecule has 0 unspecified atom stereocenters. The monoisotopic (exact) mass is 410 g/mol. The number of anilines is 1. The van der Waals surface area contributed by atoms with E-state index in [4.69, 9.17) is 4.74 Å². The first-order valence-corrected chi connectivity index (χ1v) is 10.7. The van der Waals surface area contributed by atoms with E-state index >= 15 is 0 Å². The zero-order chi connectivity index (χ0) is 20.9. The van der Waals surface area contributed by atoms with Gasteiger partial charge in [0, 0.05) is 32.4 Å². The summed E-state index contributed by atoms with van der Waals surface area (Å²) in [6, 6.07) is 4.69. The molecular weight excluding hydrogens is 383 g/mol. The predicted molar refractivity (Wildman–Crippen MR) is 106 cm³/mol. The molecule has 2 rings (SSSR count). The van der Waals surface area contributed by atoms with E-state index in [0.29, 0.717) is 31.6 Å². The average Bonchev–Trinajstić information content (AvgIpc) is 2.87. The lowest BCUT2D eigenvalue weighted by Crippen LogP contribution is -2.18. The number of sulfone groups is 1. The minimum Gasteiger partial charge on any atom is -0.385 e. The SMILES string of the molecule is CCCC(=O)Nc1c(S(=O)(=O)c2ccc(F)cc2)c(C)c(C)n1CCCOC. The van der Waals surface area contributed by atoms with Crippen molar-refractivity contribution in [3.8, 4) is 0 Å². The molecule has 0 bridgehead atoms. The summed E-state index contributed by atoms with van der Waals surface area (Å²) in [5, 5.41) is 2.79. The third kappa shape index (κ3) is 4.62. The summed E-state index contributed by atoms with van der Waals surface area (Å²) in [6.45, 7) is 6.43. The number of nitrogens with zero attached hydrogens (tertiary/aromatic N) is 1. The molecule has 1 aromatic heterocycles. The minimum atomic E-state index is -3.94. The quantitative estimate of drug-likeness (QED) is 0.503. The highest BCUT2D eigenvalue weighted by atomic mass is 32.2. The highest BCUT2D eigenvalue weighted by molar-refractivity contribution is 7.91. The van der Waals surface area contributed by atoms with Gasteiger partial charge in [0.15, 0.2) is 0 Å². The van der Waals surface area contributed by atoms with Crippen LogP contribution in [0.25, 0.3) is 0 Å². The molecule has 0 atom stereocenters. The second-order valence-corrected chi connectivity index (χ2v) is 8.53. The Bertz CT molecular complexity index is 934. The molecule has 8 heteroatoms. The third-order valence-corrected chi connectivity index (χ3v) is 6.56. The van der Waals surface area contributed by atoms with E-state index in [-0.39, 0.29) is 27.9 Å². The normalized spacial score (nSPS) is 11.6. The highest BCUT2D eigenvalue weighted by Crippen LogP contribution is 2.35. The Balaban J connectivity index is 2.62. The second-order valence-electron chi connectivity index (χ2n) is 6.64. The van der Waals surface area contributed by atoms with Gasteiger partial charge in [0.25, 0.3) is 0 Å². The lowest BCUT2D eigenvalue weighted by Gasteiger charge is -2.14. The molecule has 2 aromatic rings. The van der Waals surface area contributed by atoms with E-state index in [1.54, 1.807) is 18.6 Å². The van der Waals surface area contributed by atoms with E-state index in [1.165, 1.54) is 12.1 Å². The molecule has 154 valence electrons. The van der Waals surface area contributed by atoms with E-state index in [2.05, 4.69) is 5.32 Å². The van der Waals surface area contributed by atoms with Crippen molar-refractivity contribution in [3.63, 3.8) is 0 Å². The molecule has 28 heavy (non-hydrogen) atoms. The number of carbonyl (C=O) groups excluding carboxylic acids is 1. The molecule has 0 aliphatic heterocycles. The van der Waals surface area contributed by atoms with Crippen molar-refractivity contribution in [2.45, 2.75) is 56.4 Å². The molecule has 0 radical (unpaired) electrons. The Morgan fingerprint density at radius 2 is 1.86 bits per heavy atom. The fourth-order valence-corrected chi connectivity index (χ4v) is 4.78. The smallest absolute Gasteiger partial charge is 0.225 e. The number of methoxy groups -OCH3 is 1. The van der Waals surface area contributed by atoms with Gasteiger partial charge in [-0.05, 0) is 56.5 Å². The first-order chi connectivity index (χ1) is 13.2. The summed E-state index contributed by atoms with van der Waals surface area (Å²) in [5.74, 6) is -0.502. The molecule has 1 N–H and O–H groups in total. The summed E-state index contributed by atoms with van der Waals surface area (Å²) in [7, 11) is -2.34. The second kappa shape index (κ2) is 9.34. The molecule has 6 nitrogen and oxygen atoms in total. The number of benzene rings is 1. The third-order valence-electron chi connectivity index (χ3n) is 4.63. The van der Waals surface area contributed by atoms with E-state index in [9.17, 15) is 17.6 Å². The van der Waals surface area contributed by atoms with Gasteiger partial charge in [-0.1, -0.05) is 6.92 Å². The zero-order valence-corrected chi connectivity index (χ0v) is 17.5. The minimum absolute atomic E-state index is 0.0166. The number of ether oxygens (including phenoxy) is 1. The largest absolute Gasteiger partial charge is 0.385 e. The molecule has 0 aliphatic rings. The Hall–Kier alpha value is -2.19. The lowest BCUT2D eigenvalue weighted by molar-refractivity contribution is -0.116. The van der Waals surface area contributed by atoms with E-state index in [0.717, 1.165) is 17.8 Å². The van der Waals surface area contributed by atoms with Crippen LogP contribution in [0.3, 0.4) is 0 Å². The number of amides is 1. The van der Waals surface area contributed by atoms with Gasteiger partial charge in [0.05, 0.1) is 4.90 Å². The number of nitrogens with one attached hydrogen (secondary N) is 1. The number of carbonyl (C=O) groups is 1. The van der Waals surface area contributed by atoms with Gasteiger partial charge in [-0.15, -0.1) is 0 Å². The van der Waals surface area contributed by atoms with Crippen LogP contribution in [0.2, 0.25) is 0 Å². The van der Waals surface area contributed by atoms with Crippen LogP contribution in [0.4, 0.5) is 10.2 Å². The van der Waals surface area contributed by atoms with Gasteiger partial charge in [-0.2, -0.15) is 0 Å². The molecule has 1 amide bonds. The Morgan fingerprint density at radius 1 is 1.21 bits per heavy atom. The van der Waals surface area contributed by atoms with Gasteiger partial charge in [-0.3, -0.25) is 4.79 Å². The fraction of sp³-hybridized carbons (Fsp3) is 0.450. The standard InChI is InChI=1S/C20H27FN2O4S/c1-5-7-18(24)22-20-19(14(2)15(3)23(20)12-6-13-27-4)28(25,26)17-10-8-16(21)9-11-17/h8-11H,5-7,12-13H2,1-4H3,(H,22,24). The van der Waals surface area contributed by atoms with Crippen LogP contribution in [0.1, 0.15) is 37.4 Å². The lowest BCUT2D eigenvalue weighted by atomic mass is 10.3. The fourth-order valence-electron chi connectivity index (χ4n) is 3.09. The Labute approximate surface area is 165 Å². The number of hydrogen-bond acceptors (Lipinski definition) is 4. The average molecular weight is 411 g/mol. The van der Waals surface area contributed by atoms with Crippen LogP contribution in [0, 0.1) is 19.7 Å². The molecule has 0 fully saturated rings. The van der Waals surface area contributed by atoms with Gasteiger partial charge in [0.2, 0.25) is 15.7 Å². The first kappa shape index (κ1) is 22.1. The maximum absolute atomic E-state index is 13.3. The van der Waals surface area contributed by atoms with Crippen molar-refractivity contribution in [1.82, 2.24) is 4.57 Å². The molecular formula is C20H27FN2O4S. The number of aromatic nitrogens is 1. The van der Waals surface area contributed by atoms with Crippen molar-refractivity contribution >= 4 is 21.6 Å². The van der Waals surface area contributed by atoms with Crippen LogP contribution in [-0.2, 0) is 25.9 Å². The van der Waals surface area contributed by atoms with E-state index in [1.807, 2.05) is 13.8 Å². The summed E-state index contributed by atoms with van der Waals surface area (Å²) < 4.78 is 46.8. The summed E-state index contributed by atoms with van der Waals surface area (Å²) in [4.78, 5) is 12.3. The number of rotatable bonds is 9. The maximum Gasteiger partial charge on any atom is 0.225 e. The molecule has 0 saturated heterocycles. The van der Waals surface area contributed by atoms with Crippen LogP contribution in [0.5, 0.6) is 0 Å². The van der Waals surface area contributed by atoms with Crippen molar-refractivity contribution < 1.29 is 22.3 Å². The van der Waals surface area contributed by atoms with Gasteiger partial charge >= 0.3 is 0 Å². The van der Waals surface area contributed by atoms with Crippen LogP contribution >= 0.6 is 0 Å². The first-order valence-electron chi connectivity index (χ1n) is 9.23. The van der Waals surface area contributed by atoms with Crippen LogP contribution in [-0.4, -0.2) is 32.6 Å². The van der Waals surface area contributed by atoms with E-state index < -0.39 is 15.7 Å². The Kier molecular flexibility index (Phi) is 7.37. The number of hydrogen-bond donors (Lipinski definition) is 1. The Morgan fingerprint density at radius 3 is 2.43 bits per heavy atom. The van der Waals surface area contributed by atoms with Crippen molar-refractivity contribution in [3.05, 3.63) is 41.3 Å².